The summed E-state index contributed by atoms with van der Waals surface area (Å²) in [5.74, 6) is 8.52. The highest BCUT2D eigenvalue weighted by molar-refractivity contribution is 5.99. The summed E-state index contributed by atoms with van der Waals surface area (Å²) in [6.07, 6.45) is 9.60. The summed E-state index contributed by atoms with van der Waals surface area (Å²) in [6, 6.07) is 5.96. The van der Waals surface area contributed by atoms with Crippen molar-refractivity contribution >= 4 is 28.3 Å². The number of hydrogen-bond donors (Lipinski definition) is 2. The quantitative estimate of drug-likeness (QED) is 0.672. The Balaban J connectivity index is 1.55. The van der Waals surface area contributed by atoms with Crippen LogP contribution in [0.5, 0.6) is 0 Å². The van der Waals surface area contributed by atoms with Gasteiger partial charge in [-0.1, -0.05) is 12.0 Å². The third kappa shape index (κ3) is 3.64. The molecule has 0 spiro atoms. The molecular weight excluding hydrogens is 362 g/mol. The fourth-order valence-electron chi connectivity index (χ4n) is 3.45. The topological polar surface area (TPSA) is 79.8 Å². The van der Waals surface area contributed by atoms with E-state index >= 15 is 0 Å². The molecule has 0 unspecified atom stereocenters. The highest BCUT2D eigenvalue weighted by Gasteiger charge is 2.30. The number of anilines is 2. The van der Waals surface area contributed by atoms with Gasteiger partial charge in [0.15, 0.2) is 0 Å². The van der Waals surface area contributed by atoms with Gasteiger partial charge in [-0.15, -0.1) is 0 Å². The van der Waals surface area contributed by atoms with Gasteiger partial charge < -0.3 is 10.6 Å². The molecule has 6 heteroatoms. The van der Waals surface area contributed by atoms with E-state index in [4.69, 9.17) is 0 Å². The van der Waals surface area contributed by atoms with Gasteiger partial charge in [0, 0.05) is 42.3 Å². The third-order valence-electron chi connectivity index (χ3n) is 5.38. The lowest BCUT2D eigenvalue weighted by Crippen LogP contribution is -2.14. The molecule has 2 N–H and O–H groups in total. The molecule has 2 aliphatic rings. The van der Waals surface area contributed by atoms with Gasteiger partial charge in [0.05, 0.1) is 5.56 Å². The van der Waals surface area contributed by atoms with E-state index in [2.05, 4.69) is 43.5 Å². The normalized spacial score (nSPS) is 15.5. The summed E-state index contributed by atoms with van der Waals surface area (Å²) in [6.45, 7) is 0. The van der Waals surface area contributed by atoms with Gasteiger partial charge >= 0.3 is 0 Å². The molecule has 144 valence electrons. The number of carbonyl (C=O) groups excluding carboxylic acids is 1. The first-order valence-corrected chi connectivity index (χ1v) is 9.97. The second kappa shape index (κ2) is 7.17. The van der Waals surface area contributed by atoms with Crippen molar-refractivity contribution in [3.8, 4) is 11.8 Å². The molecule has 0 radical (unpaired) electrons. The first kappa shape index (κ1) is 17.6. The summed E-state index contributed by atoms with van der Waals surface area (Å²) >= 11 is 0. The molecular formula is C23H21N5O. The lowest BCUT2D eigenvalue weighted by molar-refractivity contribution is -0.117. The lowest BCUT2D eigenvalue weighted by atomic mass is 10.1. The summed E-state index contributed by atoms with van der Waals surface area (Å²) in [7, 11) is 1.83. The van der Waals surface area contributed by atoms with Crippen molar-refractivity contribution in [3.63, 3.8) is 0 Å². The molecule has 0 aliphatic heterocycles. The Kier molecular flexibility index (Phi) is 4.36. The molecule has 0 bridgehead atoms. The lowest BCUT2D eigenvalue weighted by Gasteiger charge is -2.09. The number of aromatic nitrogens is 3. The van der Waals surface area contributed by atoms with Crippen molar-refractivity contribution in [1.29, 1.82) is 0 Å². The number of amides is 1. The van der Waals surface area contributed by atoms with Crippen molar-refractivity contribution in [1.82, 2.24) is 15.0 Å². The van der Waals surface area contributed by atoms with Gasteiger partial charge in [-0.05, 0) is 55.2 Å². The fraction of sp³-hybridized carbons (Fsp3) is 0.304. The van der Waals surface area contributed by atoms with Gasteiger partial charge in [-0.3, -0.25) is 4.79 Å². The van der Waals surface area contributed by atoms with Crippen molar-refractivity contribution in [2.75, 3.05) is 17.7 Å². The summed E-state index contributed by atoms with van der Waals surface area (Å²) in [5.41, 5.74) is 2.84. The second-order valence-corrected chi connectivity index (χ2v) is 7.61. The van der Waals surface area contributed by atoms with Crippen LogP contribution in [0.4, 0.5) is 11.6 Å². The van der Waals surface area contributed by atoms with Gasteiger partial charge in [0.2, 0.25) is 5.91 Å². The average Bonchev–Trinajstić information content (AvgIpc) is 3.65. The first-order chi connectivity index (χ1) is 14.2. The monoisotopic (exact) mass is 383 g/mol. The number of nitrogens with one attached hydrogen (secondary N) is 2. The van der Waals surface area contributed by atoms with E-state index in [1.54, 1.807) is 18.6 Å². The Labute approximate surface area is 169 Å². The number of rotatable bonds is 4. The summed E-state index contributed by atoms with van der Waals surface area (Å²) in [5, 5.41) is 7.78. The number of fused-ring (bicyclic) bond motifs is 1. The van der Waals surface area contributed by atoms with E-state index in [-0.39, 0.29) is 11.8 Å². The van der Waals surface area contributed by atoms with Crippen LogP contribution < -0.4 is 10.6 Å². The van der Waals surface area contributed by atoms with Gasteiger partial charge in [-0.2, -0.15) is 0 Å². The maximum atomic E-state index is 12.1. The molecule has 0 aromatic carbocycles. The zero-order valence-corrected chi connectivity index (χ0v) is 16.2. The number of pyridine rings is 3. The average molecular weight is 383 g/mol. The number of carbonyl (C=O) groups is 1. The molecule has 1 amide bonds. The Morgan fingerprint density at radius 1 is 1.07 bits per heavy atom. The highest BCUT2D eigenvalue weighted by Crippen LogP contribution is 2.41. The summed E-state index contributed by atoms with van der Waals surface area (Å²) in [4.78, 5) is 25.5. The van der Waals surface area contributed by atoms with Crippen LogP contribution in [0.2, 0.25) is 0 Å². The van der Waals surface area contributed by atoms with Crippen molar-refractivity contribution < 1.29 is 4.79 Å². The van der Waals surface area contributed by atoms with Crippen molar-refractivity contribution in [2.24, 2.45) is 5.92 Å². The first-order valence-electron chi connectivity index (χ1n) is 9.97. The Bertz CT molecular complexity index is 1170. The van der Waals surface area contributed by atoms with Crippen molar-refractivity contribution in [3.05, 3.63) is 53.6 Å². The smallest absolute Gasteiger partial charge is 0.228 e. The molecule has 2 fully saturated rings. The van der Waals surface area contributed by atoms with Crippen LogP contribution in [0.25, 0.3) is 10.8 Å². The van der Waals surface area contributed by atoms with Gasteiger partial charge in [0.25, 0.3) is 0 Å². The van der Waals surface area contributed by atoms with E-state index in [0.29, 0.717) is 11.7 Å². The molecule has 3 aromatic heterocycles. The van der Waals surface area contributed by atoms with Crippen LogP contribution in [-0.4, -0.2) is 27.9 Å². The van der Waals surface area contributed by atoms with E-state index in [9.17, 15) is 4.79 Å². The van der Waals surface area contributed by atoms with E-state index in [1.807, 2.05) is 19.2 Å². The minimum atomic E-state index is 0.0370. The van der Waals surface area contributed by atoms with Crippen LogP contribution in [-0.2, 0) is 4.79 Å². The van der Waals surface area contributed by atoms with Crippen LogP contribution in [0.15, 0.2) is 36.8 Å². The molecule has 0 saturated heterocycles. The standard InChI is InChI=1S/C23H21N5O/c1-24-22-19-13-26-21(28-23(29)15-6-7-15)11-18(19)16(12-27-22)8-9-20-17(14-4-5-14)3-2-10-25-20/h2-3,10-15H,4-7H2,1H3,(H,24,27)(H,26,28,29). The molecule has 5 rings (SSSR count). The van der Waals surface area contributed by atoms with Crippen LogP contribution >= 0.6 is 0 Å². The Morgan fingerprint density at radius 3 is 2.69 bits per heavy atom. The minimum absolute atomic E-state index is 0.0370. The minimum Gasteiger partial charge on any atom is -0.373 e. The Morgan fingerprint density at radius 2 is 1.93 bits per heavy atom. The van der Waals surface area contributed by atoms with Crippen molar-refractivity contribution in [2.45, 2.75) is 31.6 Å². The number of nitrogens with zero attached hydrogens (tertiary/aromatic N) is 3. The fourth-order valence-corrected chi connectivity index (χ4v) is 3.45. The molecule has 29 heavy (non-hydrogen) atoms. The molecule has 3 heterocycles. The molecule has 2 aliphatic carbocycles. The number of hydrogen-bond acceptors (Lipinski definition) is 5. The Hall–Kier alpha value is -3.46. The maximum Gasteiger partial charge on any atom is 0.228 e. The van der Waals surface area contributed by atoms with E-state index in [1.165, 1.54) is 18.4 Å². The zero-order valence-electron chi connectivity index (χ0n) is 16.2. The van der Waals surface area contributed by atoms with Crippen LogP contribution in [0.1, 0.15) is 48.4 Å². The third-order valence-corrected chi connectivity index (χ3v) is 5.38. The summed E-state index contributed by atoms with van der Waals surface area (Å²) < 4.78 is 0. The molecule has 0 atom stereocenters. The predicted octanol–water partition coefficient (Wildman–Crippen LogP) is 3.69. The SMILES string of the molecule is CNc1ncc(C#Cc2ncccc2C2CC2)c2cc(NC(=O)C3CC3)ncc12. The van der Waals surface area contributed by atoms with Crippen LogP contribution in [0, 0.1) is 17.8 Å². The van der Waals surface area contributed by atoms with E-state index < -0.39 is 0 Å². The maximum absolute atomic E-state index is 12.1. The second-order valence-electron chi connectivity index (χ2n) is 7.61. The predicted molar refractivity (Wildman–Crippen MR) is 113 cm³/mol. The zero-order chi connectivity index (χ0) is 19.8. The molecule has 2 saturated carbocycles. The largest absolute Gasteiger partial charge is 0.373 e. The highest BCUT2D eigenvalue weighted by atomic mass is 16.2. The van der Waals surface area contributed by atoms with Gasteiger partial charge in [0.1, 0.15) is 17.3 Å². The molecule has 6 nitrogen and oxygen atoms in total. The van der Waals surface area contributed by atoms with Crippen LogP contribution in [0.3, 0.4) is 0 Å². The van der Waals surface area contributed by atoms with E-state index in [0.717, 1.165) is 40.7 Å². The molecule has 3 aromatic rings. The van der Waals surface area contributed by atoms with Gasteiger partial charge in [-0.25, -0.2) is 15.0 Å².